The second-order valence-corrected chi connectivity index (χ2v) is 3.35. The molecule has 0 aromatic heterocycles. The highest BCUT2D eigenvalue weighted by Crippen LogP contribution is 2.21. The summed E-state index contributed by atoms with van der Waals surface area (Å²) in [6, 6.07) is 4.12. The number of nitrogens with one attached hydrogen (secondary N) is 1. The Labute approximate surface area is 97.3 Å². The fourth-order valence-corrected chi connectivity index (χ4v) is 1.12. The van der Waals surface area contributed by atoms with Crippen LogP contribution in [0.25, 0.3) is 0 Å². The summed E-state index contributed by atoms with van der Waals surface area (Å²) in [5, 5.41) is 2.35. The molecule has 0 bridgehead atoms. The van der Waals surface area contributed by atoms with Crippen molar-refractivity contribution in [2.24, 2.45) is 10.7 Å². The van der Waals surface area contributed by atoms with E-state index in [1.807, 2.05) is 0 Å². The Morgan fingerprint density at radius 1 is 1.62 bits per heavy atom. The number of amides is 1. The average molecular weight is 244 g/mol. The number of carbonyl (C=O) groups excluding carboxylic acids is 1. The molecule has 0 aliphatic carbocycles. The third-order valence-corrected chi connectivity index (χ3v) is 1.95. The molecule has 1 aromatic rings. The molecule has 1 aromatic carbocycles. The molecule has 0 spiro atoms. The smallest absolute Gasteiger partial charge is 0.221 e. The van der Waals surface area contributed by atoms with Crippen molar-refractivity contribution in [1.82, 2.24) is 0 Å². The van der Waals surface area contributed by atoms with E-state index in [1.165, 1.54) is 25.1 Å². The minimum absolute atomic E-state index is 0.0784. The largest absolute Gasteiger partial charge is 0.386 e. The van der Waals surface area contributed by atoms with E-state index in [1.54, 1.807) is 0 Å². The first-order valence-corrected chi connectivity index (χ1v) is 5.02. The van der Waals surface area contributed by atoms with Crippen LogP contribution in [0, 0.1) is 5.82 Å². The maximum absolute atomic E-state index is 13.4. The van der Waals surface area contributed by atoms with Crippen molar-refractivity contribution in [3.8, 4) is 0 Å². The van der Waals surface area contributed by atoms with E-state index in [9.17, 15) is 9.18 Å². The van der Waals surface area contributed by atoms with Crippen molar-refractivity contribution in [3.63, 3.8) is 0 Å². The van der Waals surface area contributed by atoms with Gasteiger partial charge in [0, 0.05) is 13.0 Å². The van der Waals surface area contributed by atoms with E-state index >= 15 is 0 Å². The van der Waals surface area contributed by atoms with E-state index in [0.29, 0.717) is 5.69 Å². The number of nitrogens with two attached hydrogens (primary N) is 1. The van der Waals surface area contributed by atoms with Crippen molar-refractivity contribution >= 4 is 34.7 Å². The molecular weight excluding hydrogens is 233 g/mol. The van der Waals surface area contributed by atoms with Gasteiger partial charge in [-0.15, -0.1) is 11.6 Å². The summed E-state index contributed by atoms with van der Waals surface area (Å²) >= 11 is 5.44. The average Bonchev–Trinajstić information content (AvgIpc) is 2.21. The normalized spacial score (nSPS) is 11.3. The van der Waals surface area contributed by atoms with Crippen LogP contribution in [0.4, 0.5) is 15.8 Å². The quantitative estimate of drug-likeness (QED) is 0.484. The van der Waals surface area contributed by atoms with Crippen molar-refractivity contribution < 1.29 is 9.18 Å². The van der Waals surface area contributed by atoms with Crippen LogP contribution in [0.5, 0.6) is 0 Å². The standard InChI is InChI=1S/C10H11ClFN3O/c1-6(16)14-9-3-2-7(4-8(9)12)15-10(13)5-11/h2-4H,5H2,1H3,(H2,13,15)(H,14,16). The lowest BCUT2D eigenvalue weighted by Gasteiger charge is -2.04. The Balaban J connectivity index is 2.95. The van der Waals surface area contributed by atoms with Gasteiger partial charge in [-0.05, 0) is 12.1 Å². The molecule has 0 aliphatic rings. The molecule has 0 atom stereocenters. The number of halogens is 2. The molecule has 86 valence electrons. The highest BCUT2D eigenvalue weighted by molar-refractivity contribution is 6.28. The zero-order valence-corrected chi connectivity index (χ0v) is 9.38. The first-order chi connectivity index (χ1) is 7.52. The van der Waals surface area contributed by atoms with Crippen LogP contribution >= 0.6 is 11.6 Å². The number of rotatable bonds is 3. The number of hydrogen-bond acceptors (Lipinski definition) is 2. The molecule has 0 radical (unpaired) electrons. The van der Waals surface area contributed by atoms with Gasteiger partial charge in [0.1, 0.15) is 11.7 Å². The maximum Gasteiger partial charge on any atom is 0.221 e. The second-order valence-electron chi connectivity index (χ2n) is 3.08. The van der Waals surface area contributed by atoms with Crippen molar-refractivity contribution in [1.29, 1.82) is 0 Å². The SMILES string of the molecule is CC(=O)Nc1ccc(N=C(N)CCl)cc1F. The lowest BCUT2D eigenvalue weighted by molar-refractivity contribution is -0.114. The summed E-state index contributed by atoms with van der Waals surface area (Å²) in [4.78, 5) is 14.6. The van der Waals surface area contributed by atoms with Gasteiger partial charge in [-0.2, -0.15) is 0 Å². The summed E-state index contributed by atoms with van der Waals surface area (Å²) in [6.45, 7) is 1.30. The minimum Gasteiger partial charge on any atom is -0.386 e. The third-order valence-electron chi connectivity index (χ3n) is 1.67. The van der Waals surface area contributed by atoms with E-state index in [0.717, 1.165) is 0 Å². The maximum atomic E-state index is 13.4. The summed E-state index contributed by atoms with van der Waals surface area (Å²) in [5.74, 6) is -0.627. The van der Waals surface area contributed by atoms with Crippen molar-refractivity contribution in [2.45, 2.75) is 6.92 Å². The highest BCUT2D eigenvalue weighted by Gasteiger charge is 2.04. The third kappa shape index (κ3) is 3.51. The minimum atomic E-state index is -0.571. The molecule has 1 amide bonds. The molecule has 0 heterocycles. The van der Waals surface area contributed by atoms with E-state index in [4.69, 9.17) is 17.3 Å². The van der Waals surface area contributed by atoms with Gasteiger partial charge in [-0.1, -0.05) is 0 Å². The van der Waals surface area contributed by atoms with E-state index in [-0.39, 0.29) is 23.3 Å². The molecule has 0 saturated heterocycles. The van der Waals surface area contributed by atoms with Crippen molar-refractivity contribution in [2.75, 3.05) is 11.2 Å². The second kappa shape index (κ2) is 5.46. The number of aliphatic imine (C=N–C) groups is 1. The van der Waals surface area contributed by atoms with Crippen LogP contribution in [0.3, 0.4) is 0 Å². The Kier molecular flexibility index (Phi) is 4.25. The molecule has 3 N–H and O–H groups in total. The summed E-state index contributed by atoms with van der Waals surface area (Å²) < 4.78 is 13.4. The van der Waals surface area contributed by atoms with Gasteiger partial charge in [0.05, 0.1) is 17.3 Å². The van der Waals surface area contributed by atoms with E-state index in [2.05, 4.69) is 10.3 Å². The zero-order valence-electron chi connectivity index (χ0n) is 8.63. The van der Waals surface area contributed by atoms with Crippen molar-refractivity contribution in [3.05, 3.63) is 24.0 Å². The van der Waals surface area contributed by atoms with Crippen LogP contribution in [-0.2, 0) is 4.79 Å². The lowest BCUT2D eigenvalue weighted by Crippen LogP contribution is -2.12. The molecule has 0 unspecified atom stereocenters. The molecule has 0 aliphatic heterocycles. The van der Waals surface area contributed by atoms with Gasteiger partial charge in [0.25, 0.3) is 0 Å². The number of benzene rings is 1. The van der Waals surface area contributed by atoms with Gasteiger partial charge >= 0.3 is 0 Å². The number of anilines is 1. The van der Waals surface area contributed by atoms with Gasteiger partial charge in [0.2, 0.25) is 5.91 Å². The van der Waals surface area contributed by atoms with Crippen LogP contribution in [0.1, 0.15) is 6.92 Å². The molecular formula is C10H11ClFN3O. The number of hydrogen-bond donors (Lipinski definition) is 2. The number of alkyl halides is 1. The Bertz CT molecular complexity index is 434. The number of carbonyl (C=O) groups is 1. The van der Waals surface area contributed by atoms with Crippen LogP contribution < -0.4 is 11.1 Å². The first-order valence-electron chi connectivity index (χ1n) is 4.49. The van der Waals surface area contributed by atoms with E-state index < -0.39 is 5.82 Å². The highest BCUT2D eigenvalue weighted by atomic mass is 35.5. The predicted octanol–water partition coefficient (Wildman–Crippen LogP) is 2.01. The van der Waals surface area contributed by atoms with Gasteiger partial charge in [-0.25, -0.2) is 9.38 Å². The molecule has 4 nitrogen and oxygen atoms in total. The molecule has 0 saturated carbocycles. The zero-order chi connectivity index (χ0) is 12.1. The Morgan fingerprint density at radius 2 is 2.31 bits per heavy atom. The fourth-order valence-electron chi connectivity index (χ4n) is 1.06. The molecule has 1 rings (SSSR count). The predicted molar refractivity (Wildman–Crippen MR) is 62.7 cm³/mol. The Hall–Kier alpha value is -1.62. The number of amidine groups is 1. The molecule has 0 fully saturated rings. The summed E-state index contributed by atoms with van der Waals surface area (Å²) in [7, 11) is 0. The van der Waals surface area contributed by atoms with Crippen LogP contribution in [0.2, 0.25) is 0 Å². The topological polar surface area (TPSA) is 67.5 Å². The fraction of sp³-hybridized carbons (Fsp3) is 0.200. The first kappa shape index (κ1) is 12.4. The van der Waals surface area contributed by atoms with Crippen LogP contribution in [0.15, 0.2) is 23.2 Å². The summed E-state index contributed by atoms with van der Waals surface area (Å²) in [6.07, 6.45) is 0. The van der Waals surface area contributed by atoms with Gasteiger partial charge < -0.3 is 11.1 Å². The monoisotopic (exact) mass is 243 g/mol. The Morgan fingerprint density at radius 3 is 2.81 bits per heavy atom. The van der Waals surface area contributed by atoms with Gasteiger partial charge in [0.15, 0.2) is 0 Å². The van der Waals surface area contributed by atoms with Crippen LogP contribution in [-0.4, -0.2) is 17.6 Å². The summed E-state index contributed by atoms with van der Waals surface area (Å²) in [5.41, 5.74) is 5.86. The number of nitrogens with zero attached hydrogens (tertiary/aromatic N) is 1. The lowest BCUT2D eigenvalue weighted by atomic mass is 10.2. The molecule has 6 heteroatoms. The molecule has 16 heavy (non-hydrogen) atoms. The van der Waals surface area contributed by atoms with Gasteiger partial charge in [-0.3, -0.25) is 4.79 Å².